The average Bonchev–Trinajstić information content (AvgIpc) is 2.44. The molecule has 2 aromatic rings. The van der Waals surface area contributed by atoms with Crippen LogP contribution in [0.3, 0.4) is 0 Å². The van der Waals surface area contributed by atoms with E-state index in [9.17, 15) is 0 Å². The van der Waals surface area contributed by atoms with Crippen LogP contribution in [0.5, 0.6) is 0 Å². The fourth-order valence-corrected chi connectivity index (χ4v) is 1.57. The second kappa shape index (κ2) is 2.63. The summed E-state index contributed by atoms with van der Waals surface area (Å²) in [5.41, 5.74) is 3.85. The van der Waals surface area contributed by atoms with E-state index in [1.807, 2.05) is 18.5 Å². The van der Waals surface area contributed by atoms with Crippen LogP contribution in [0.1, 0.15) is 18.2 Å². The molecule has 0 saturated carbocycles. The molecule has 2 aromatic heterocycles. The third kappa shape index (κ3) is 0.916. The van der Waals surface area contributed by atoms with Gasteiger partial charge in [-0.1, -0.05) is 6.92 Å². The van der Waals surface area contributed by atoms with Gasteiger partial charge in [-0.25, -0.2) is 0 Å². The number of aromatic nitrogens is 2. The third-order valence-electron chi connectivity index (χ3n) is 2.32. The Kier molecular flexibility index (Phi) is 1.61. The predicted molar refractivity (Wildman–Crippen MR) is 50.2 cm³/mol. The van der Waals surface area contributed by atoms with Crippen LogP contribution in [0, 0.1) is 6.92 Å². The number of H-pyrrole nitrogens is 1. The molecule has 2 rings (SSSR count). The SMILES string of the molecule is CCc1[nH]c2ccncc2c1C. The Bertz CT molecular complexity index is 401. The molecule has 0 bridgehead atoms. The van der Waals surface area contributed by atoms with Crippen molar-refractivity contribution in [3.63, 3.8) is 0 Å². The number of hydrogen-bond donors (Lipinski definition) is 1. The van der Waals surface area contributed by atoms with Crippen LogP contribution in [0.2, 0.25) is 0 Å². The Balaban J connectivity index is 2.78. The van der Waals surface area contributed by atoms with Gasteiger partial charge in [0.25, 0.3) is 0 Å². The molecule has 0 radical (unpaired) electrons. The minimum atomic E-state index is 1.06. The summed E-state index contributed by atoms with van der Waals surface area (Å²) in [7, 11) is 0. The molecule has 12 heavy (non-hydrogen) atoms. The lowest BCUT2D eigenvalue weighted by Crippen LogP contribution is -1.80. The van der Waals surface area contributed by atoms with Crippen LogP contribution in [-0.4, -0.2) is 9.97 Å². The first-order valence-electron chi connectivity index (χ1n) is 4.24. The van der Waals surface area contributed by atoms with Gasteiger partial charge in [-0.2, -0.15) is 0 Å². The monoisotopic (exact) mass is 160 g/mol. The van der Waals surface area contributed by atoms with E-state index in [1.165, 1.54) is 22.2 Å². The molecule has 2 heterocycles. The van der Waals surface area contributed by atoms with Gasteiger partial charge in [0.15, 0.2) is 0 Å². The van der Waals surface area contributed by atoms with Crippen LogP contribution in [-0.2, 0) is 6.42 Å². The number of pyridine rings is 1. The highest BCUT2D eigenvalue weighted by Crippen LogP contribution is 2.20. The zero-order chi connectivity index (χ0) is 8.55. The topological polar surface area (TPSA) is 28.7 Å². The van der Waals surface area contributed by atoms with Crippen LogP contribution in [0.4, 0.5) is 0 Å². The molecule has 0 aliphatic rings. The van der Waals surface area contributed by atoms with Gasteiger partial charge < -0.3 is 4.98 Å². The van der Waals surface area contributed by atoms with Gasteiger partial charge >= 0.3 is 0 Å². The van der Waals surface area contributed by atoms with Gasteiger partial charge in [0, 0.05) is 29.0 Å². The Morgan fingerprint density at radius 2 is 2.33 bits per heavy atom. The number of rotatable bonds is 1. The highest BCUT2D eigenvalue weighted by molar-refractivity contribution is 5.83. The molecule has 2 nitrogen and oxygen atoms in total. The lowest BCUT2D eigenvalue weighted by atomic mass is 10.2. The summed E-state index contributed by atoms with van der Waals surface area (Å²) in [5.74, 6) is 0. The maximum atomic E-state index is 4.10. The van der Waals surface area contributed by atoms with Crippen molar-refractivity contribution in [2.45, 2.75) is 20.3 Å². The first-order chi connectivity index (χ1) is 5.83. The number of nitrogens with zero attached hydrogens (tertiary/aromatic N) is 1. The molecule has 2 heteroatoms. The molecule has 0 aliphatic heterocycles. The highest BCUT2D eigenvalue weighted by Gasteiger charge is 2.03. The summed E-state index contributed by atoms with van der Waals surface area (Å²) in [4.78, 5) is 7.47. The molecular formula is C10H12N2. The Morgan fingerprint density at radius 1 is 1.50 bits per heavy atom. The van der Waals surface area contributed by atoms with E-state index in [1.54, 1.807) is 0 Å². The summed E-state index contributed by atoms with van der Waals surface area (Å²) in [6.07, 6.45) is 4.79. The van der Waals surface area contributed by atoms with Gasteiger partial charge in [-0.3, -0.25) is 4.98 Å². The van der Waals surface area contributed by atoms with E-state index < -0.39 is 0 Å². The third-order valence-corrected chi connectivity index (χ3v) is 2.32. The van der Waals surface area contributed by atoms with Crippen molar-refractivity contribution in [1.29, 1.82) is 0 Å². The summed E-state index contributed by atoms with van der Waals surface area (Å²) in [5, 5.41) is 1.24. The largest absolute Gasteiger partial charge is 0.358 e. The number of hydrogen-bond acceptors (Lipinski definition) is 1. The fourth-order valence-electron chi connectivity index (χ4n) is 1.57. The van der Waals surface area contributed by atoms with Crippen molar-refractivity contribution < 1.29 is 0 Å². The number of aromatic amines is 1. The average molecular weight is 160 g/mol. The van der Waals surface area contributed by atoms with Crippen molar-refractivity contribution in [3.05, 3.63) is 29.7 Å². The minimum absolute atomic E-state index is 1.06. The first-order valence-corrected chi connectivity index (χ1v) is 4.24. The fraction of sp³-hybridized carbons (Fsp3) is 0.300. The molecule has 0 aromatic carbocycles. The number of nitrogens with one attached hydrogen (secondary N) is 1. The Morgan fingerprint density at radius 3 is 3.00 bits per heavy atom. The van der Waals surface area contributed by atoms with Crippen LogP contribution < -0.4 is 0 Å². The summed E-state index contributed by atoms with van der Waals surface area (Å²) >= 11 is 0. The van der Waals surface area contributed by atoms with Crippen molar-refractivity contribution >= 4 is 10.9 Å². The molecule has 0 atom stereocenters. The van der Waals surface area contributed by atoms with Gasteiger partial charge in [0.05, 0.1) is 0 Å². The quantitative estimate of drug-likeness (QED) is 0.682. The zero-order valence-electron chi connectivity index (χ0n) is 7.39. The Labute approximate surface area is 71.6 Å². The predicted octanol–water partition coefficient (Wildman–Crippen LogP) is 2.43. The lowest BCUT2D eigenvalue weighted by Gasteiger charge is -1.90. The molecule has 0 spiro atoms. The first kappa shape index (κ1) is 7.35. The van der Waals surface area contributed by atoms with Crippen molar-refractivity contribution in [2.24, 2.45) is 0 Å². The molecule has 1 N–H and O–H groups in total. The lowest BCUT2D eigenvalue weighted by molar-refractivity contribution is 1.05. The molecule has 62 valence electrons. The van der Waals surface area contributed by atoms with E-state index in [4.69, 9.17) is 0 Å². The number of aryl methyl sites for hydroxylation is 2. The maximum Gasteiger partial charge on any atom is 0.0489 e. The van der Waals surface area contributed by atoms with Gasteiger partial charge in [-0.15, -0.1) is 0 Å². The second-order valence-corrected chi connectivity index (χ2v) is 3.00. The van der Waals surface area contributed by atoms with E-state index >= 15 is 0 Å². The Hall–Kier alpha value is -1.31. The highest BCUT2D eigenvalue weighted by atomic mass is 14.7. The molecule has 0 unspecified atom stereocenters. The van der Waals surface area contributed by atoms with Crippen molar-refractivity contribution in [3.8, 4) is 0 Å². The maximum absolute atomic E-state index is 4.10. The van der Waals surface area contributed by atoms with Gasteiger partial charge in [-0.05, 0) is 25.0 Å². The van der Waals surface area contributed by atoms with E-state index in [0.29, 0.717) is 0 Å². The standard InChI is InChI=1S/C10H12N2/c1-3-9-7(2)8-6-11-5-4-10(8)12-9/h4-6,12H,3H2,1-2H3. The molecule has 0 saturated heterocycles. The zero-order valence-corrected chi connectivity index (χ0v) is 7.39. The van der Waals surface area contributed by atoms with Gasteiger partial charge in [0.1, 0.15) is 0 Å². The molecular weight excluding hydrogens is 148 g/mol. The summed E-state index contributed by atoms with van der Waals surface area (Å²) in [6, 6.07) is 2.02. The van der Waals surface area contributed by atoms with Crippen LogP contribution >= 0.6 is 0 Å². The summed E-state index contributed by atoms with van der Waals surface area (Å²) in [6.45, 7) is 4.30. The normalized spacial score (nSPS) is 10.8. The van der Waals surface area contributed by atoms with Gasteiger partial charge in [0.2, 0.25) is 0 Å². The molecule has 0 amide bonds. The second-order valence-electron chi connectivity index (χ2n) is 3.00. The van der Waals surface area contributed by atoms with Crippen molar-refractivity contribution in [2.75, 3.05) is 0 Å². The summed E-state index contributed by atoms with van der Waals surface area (Å²) < 4.78 is 0. The van der Waals surface area contributed by atoms with Crippen LogP contribution in [0.25, 0.3) is 10.9 Å². The minimum Gasteiger partial charge on any atom is -0.358 e. The van der Waals surface area contributed by atoms with Crippen molar-refractivity contribution in [1.82, 2.24) is 9.97 Å². The van der Waals surface area contributed by atoms with E-state index in [0.717, 1.165) is 6.42 Å². The smallest absolute Gasteiger partial charge is 0.0489 e. The van der Waals surface area contributed by atoms with E-state index in [-0.39, 0.29) is 0 Å². The van der Waals surface area contributed by atoms with E-state index in [2.05, 4.69) is 23.8 Å². The molecule has 0 aliphatic carbocycles. The molecule has 0 fully saturated rings. The number of fused-ring (bicyclic) bond motifs is 1. The van der Waals surface area contributed by atoms with Crippen LogP contribution in [0.15, 0.2) is 18.5 Å².